The normalized spacial score (nSPS) is 10.4. The minimum absolute atomic E-state index is 0.254. The maximum atomic E-state index is 13.6. The lowest BCUT2D eigenvalue weighted by Gasteiger charge is -2.21. The molecule has 100 valence electrons. The monoisotopic (exact) mass is 264 g/mol. The second-order valence-corrected chi connectivity index (χ2v) is 3.96. The second kappa shape index (κ2) is 5.51. The third-order valence-corrected chi connectivity index (χ3v) is 2.80. The summed E-state index contributed by atoms with van der Waals surface area (Å²) in [6.45, 7) is 2.70. The Kier molecular flexibility index (Phi) is 3.79. The van der Waals surface area contributed by atoms with Gasteiger partial charge in [0.25, 0.3) is 0 Å². The molecule has 0 N–H and O–H groups in total. The molecule has 0 bridgehead atoms. The zero-order valence-electron chi connectivity index (χ0n) is 10.4. The van der Waals surface area contributed by atoms with Crippen LogP contribution in [0.4, 0.5) is 15.8 Å². The van der Waals surface area contributed by atoms with E-state index in [2.05, 4.69) is 0 Å². The van der Waals surface area contributed by atoms with Crippen molar-refractivity contribution < 1.29 is 13.7 Å². The smallest absolute Gasteiger partial charge is 0.327 e. The van der Waals surface area contributed by atoms with Crippen molar-refractivity contribution in [1.29, 1.82) is 0 Å². The summed E-state index contributed by atoms with van der Waals surface area (Å²) in [6, 6.07) is 7.59. The highest BCUT2D eigenvalue weighted by atomic mass is 19.1. The number of furan rings is 1. The Balaban J connectivity index is 2.38. The van der Waals surface area contributed by atoms with E-state index in [0.717, 1.165) is 6.07 Å². The summed E-state index contributed by atoms with van der Waals surface area (Å²) >= 11 is 0. The lowest BCUT2D eigenvalue weighted by molar-refractivity contribution is -0.386. The molecule has 5 nitrogen and oxygen atoms in total. The number of nitrogens with zero attached hydrogens (tertiary/aromatic N) is 2. The van der Waals surface area contributed by atoms with Crippen LogP contribution in [0, 0.1) is 15.9 Å². The number of halogens is 1. The number of benzene rings is 1. The van der Waals surface area contributed by atoms with Gasteiger partial charge in [-0.2, -0.15) is 4.39 Å². The topological polar surface area (TPSA) is 59.5 Å². The summed E-state index contributed by atoms with van der Waals surface area (Å²) in [5, 5.41) is 11.0. The van der Waals surface area contributed by atoms with Crippen molar-refractivity contribution in [2.24, 2.45) is 0 Å². The van der Waals surface area contributed by atoms with Crippen molar-refractivity contribution >= 4 is 11.4 Å². The van der Waals surface area contributed by atoms with Gasteiger partial charge >= 0.3 is 5.69 Å². The summed E-state index contributed by atoms with van der Waals surface area (Å²) < 4.78 is 18.8. The predicted molar refractivity (Wildman–Crippen MR) is 68.5 cm³/mol. The van der Waals surface area contributed by atoms with Gasteiger partial charge in [0, 0.05) is 6.54 Å². The predicted octanol–water partition coefficient (Wildman–Crippen LogP) is 3.35. The summed E-state index contributed by atoms with van der Waals surface area (Å²) in [4.78, 5) is 12.0. The number of para-hydroxylation sites is 1. The number of anilines is 1. The molecule has 0 aliphatic heterocycles. The van der Waals surface area contributed by atoms with E-state index in [0.29, 0.717) is 18.8 Å². The highest BCUT2D eigenvalue weighted by molar-refractivity contribution is 5.63. The number of nitro benzene ring substituents is 1. The number of rotatable bonds is 5. The molecule has 0 atom stereocenters. The zero-order chi connectivity index (χ0) is 13.8. The Hall–Kier alpha value is -2.37. The highest BCUT2D eigenvalue weighted by Gasteiger charge is 2.23. The van der Waals surface area contributed by atoms with Gasteiger partial charge in [-0.15, -0.1) is 0 Å². The molecule has 1 aromatic heterocycles. The Bertz CT molecular complexity index is 569. The van der Waals surface area contributed by atoms with Crippen molar-refractivity contribution in [2.45, 2.75) is 13.5 Å². The first-order chi connectivity index (χ1) is 9.13. The first-order valence-corrected chi connectivity index (χ1v) is 5.83. The van der Waals surface area contributed by atoms with Crippen molar-refractivity contribution in [3.05, 3.63) is 58.3 Å². The molecular formula is C13H13FN2O3. The Morgan fingerprint density at radius 2 is 2.16 bits per heavy atom. The summed E-state index contributed by atoms with van der Waals surface area (Å²) in [7, 11) is 0. The molecule has 0 radical (unpaired) electrons. The van der Waals surface area contributed by atoms with Gasteiger partial charge in [-0.25, -0.2) is 0 Å². The van der Waals surface area contributed by atoms with Gasteiger partial charge in [0.2, 0.25) is 5.82 Å². The van der Waals surface area contributed by atoms with Gasteiger partial charge in [0.1, 0.15) is 11.4 Å². The number of hydrogen-bond acceptors (Lipinski definition) is 4. The molecule has 0 aliphatic carbocycles. The first kappa shape index (κ1) is 13.1. The maximum Gasteiger partial charge on any atom is 0.327 e. The van der Waals surface area contributed by atoms with Crippen LogP contribution in [0.25, 0.3) is 0 Å². The van der Waals surface area contributed by atoms with E-state index in [9.17, 15) is 14.5 Å². The van der Waals surface area contributed by atoms with Crippen molar-refractivity contribution in [1.82, 2.24) is 0 Å². The van der Waals surface area contributed by atoms with Crippen molar-refractivity contribution in [3.8, 4) is 0 Å². The van der Waals surface area contributed by atoms with E-state index in [1.54, 1.807) is 17.0 Å². The Labute approximate surface area is 109 Å². The van der Waals surface area contributed by atoms with Crippen LogP contribution in [0.3, 0.4) is 0 Å². The van der Waals surface area contributed by atoms with Gasteiger partial charge in [-0.1, -0.05) is 6.07 Å². The number of hydrogen-bond donors (Lipinski definition) is 0. The lowest BCUT2D eigenvalue weighted by atomic mass is 10.2. The van der Waals surface area contributed by atoms with Crippen LogP contribution in [0.15, 0.2) is 41.0 Å². The lowest BCUT2D eigenvalue weighted by Crippen LogP contribution is -2.23. The van der Waals surface area contributed by atoms with E-state index in [1.165, 1.54) is 18.4 Å². The molecule has 0 amide bonds. The van der Waals surface area contributed by atoms with Crippen LogP contribution >= 0.6 is 0 Å². The van der Waals surface area contributed by atoms with Crippen molar-refractivity contribution in [2.75, 3.05) is 11.4 Å². The van der Waals surface area contributed by atoms with Crippen LogP contribution in [-0.2, 0) is 6.54 Å². The fourth-order valence-electron chi connectivity index (χ4n) is 1.90. The fraction of sp³-hybridized carbons (Fsp3) is 0.231. The fourth-order valence-corrected chi connectivity index (χ4v) is 1.90. The molecule has 0 aliphatic rings. The van der Waals surface area contributed by atoms with Crippen LogP contribution in [-0.4, -0.2) is 11.5 Å². The third-order valence-electron chi connectivity index (χ3n) is 2.80. The summed E-state index contributed by atoms with van der Waals surface area (Å²) in [5.74, 6) is -0.166. The minimum atomic E-state index is -0.833. The quantitative estimate of drug-likeness (QED) is 0.613. The van der Waals surface area contributed by atoms with Gasteiger partial charge in [0.15, 0.2) is 0 Å². The van der Waals surface area contributed by atoms with Gasteiger partial charge in [0.05, 0.1) is 17.7 Å². The second-order valence-electron chi connectivity index (χ2n) is 3.96. The molecule has 6 heteroatoms. The van der Waals surface area contributed by atoms with Gasteiger partial charge in [-0.05, 0) is 31.2 Å². The zero-order valence-corrected chi connectivity index (χ0v) is 10.4. The van der Waals surface area contributed by atoms with E-state index < -0.39 is 16.4 Å². The average Bonchev–Trinajstić information content (AvgIpc) is 2.88. The van der Waals surface area contributed by atoms with Crippen LogP contribution < -0.4 is 4.90 Å². The Morgan fingerprint density at radius 1 is 1.37 bits per heavy atom. The standard InChI is InChI=1S/C13H13FN2O3/c1-2-15(9-10-5-4-8-19-10)12-7-3-6-11(14)13(12)16(17)18/h3-8H,2,9H2,1H3. The molecule has 1 heterocycles. The number of nitro groups is 1. The Morgan fingerprint density at radius 3 is 2.74 bits per heavy atom. The average molecular weight is 264 g/mol. The molecular weight excluding hydrogens is 251 g/mol. The van der Waals surface area contributed by atoms with Gasteiger partial charge < -0.3 is 9.32 Å². The van der Waals surface area contributed by atoms with E-state index in [1.807, 2.05) is 6.92 Å². The molecule has 0 saturated carbocycles. The van der Waals surface area contributed by atoms with Crippen molar-refractivity contribution in [3.63, 3.8) is 0 Å². The summed E-state index contributed by atoms with van der Waals surface area (Å²) in [6.07, 6.45) is 1.53. The van der Waals surface area contributed by atoms with E-state index >= 15 is 0 Å². The third kappa shape index (κ3) is 2.73. The first-order valence-electron chi connectivity index (χ1n) is 5.83. The molecule has 1 aromatic carbocycles. The van der Waals surface area contributed by atoms with E-state index in [4.69, 9.17) is 4.42 Å². The molecule has 0 saturated heterocycles. The summed E-state index contributed by atoms with van der Waals surface area (Å²) in [5.41, 5.74) is -0.250. The largest absolute Gasteiger partial charge is 0.467 e. The van der Waals surface area contributed by atoms with E-state index in [-0.39, 0.29) is 5.69 Å². The van der Waals surface area contributed by atoms with Crippen LogP contribution in [0.5, 0.6) is 0 Å². The molecule has 0 fully saturated rings. The molecule has 0 spiro atoms. The molecule has 0 unspecified atom stereocenters. The molecule has 2 rings (SSSR count). The van der Waals surface area contributed by atoms with Crippen LogP contribution in [0.2, 0.25) is 0 Å². The minimum Gasteiger partial charge on any atom is -0.467 e. The van der Waals surface area contributed by atoms with Crippen LogP contribution in [0.1, 0.15) is 12.7 Å². The maximum absolute atomic E-state index is 13.6. The highest BCUT2D eigenvalue weighted by Crippen LogP contribution is 2.31. The molecule has 2 aromatic rings. The SMILES string of the molecule is CCN(Cc1ccco1)c1cccc(F)c1[N+](=O)[O-]. The molecule has 19 heavy (non-hydrogen) atoms. The van der Waals surface area contributed by atoms with Gasteiger partial charge in [-0.3, -0.25) is 10.1 Å².